The maximum absolute atomic E-state index is 12.6. The molecule has 26 heavy (non-hydrogen) atoms. The zero-order valence-electron chi connectivity index (χ0n) is 14.8. The highest BCUT2D eigenvalue weighted by Crippen LogP contribution is 2.40. The van der Waals surface area contributed by atoms with Gasteiger partial charge in [0.15, 0.2) is 0 Å². The lowest BCUT2D eigenvalue weighted by atomic mass is 9.88. The molecule has 0 aliphatic heterocycles. The van der Waals surface area contributed by atoms with E-state index in [1.807, 2.05) is 6.92 Å². The Morgan fingerprint density at radius 2 is 2.27 bits per heavy atom. The molecule has 2 aromatic rings. The van der Waals surface area contributed by atoms with Gasteiger partial charge in [0.25, 0.3) is 5.91 Å². The summed E-state index contributed by atoms with van der Waals surface area (Å²) in [7, 11) is 0. The molecule has 7 heteroatoms. The molecule has 5 nitrogen and oxygen atoms in total. The number of thiophene rings is 1. The van der Waals surface area contributed by atoms with Gasteiger partial charge >= 0.3 is 5.97 Å². The minimum atomic E-state index is -0.376. The molecule has 0 radical (unpaired) electrons. The summed E-state index contributed by atoms with van der Waals surface area (Å²) in [6, 6.07) is 3.26. The number of hydrogen-bond donors (Lipinski definition) is 1. The number of anilines is 1. The van der Waals surface area contributed by atoms with Crippen molar-refractivity contribution < 1.29 is 14.3 Å². The summed E-state index contributed by atoms with van der Waals surface area (Å²) in [4.78, 5) is 30.3. The van der Waals surface area contributed by atoms with Crippen molar-refractivity contribution in [2.75, 3.05) is 11.9 Å². The third kappa shape index (κ3) is 3.91. The number of hydrogen-bond acceptors (Lipinski definition) is 5. The molecular weight excluding hydrogens is 372 g/mol. The Morgan fingerprint density at radius 3 is 3.00 bits per heavy atom. The van der Waals surface area contributed by atoms with Crippen molar-refractivity contribution in [2.24, 2.45) is 5.92 Å². The highest BCUT2D eigenvalue weighted by atomic mass is 35.5. The fourth-order valence-electron chi connectivity index (χ4n) is 3.05. The van der Waals surface area contributed by atoms with Crippen LogP contribution in [0.2, 0.25) is 5.15 Å². The van der Waals surface area contributed by atoms with Gasteiger partial charge in [-0.2, -0.15) is 0 Å². The minimum absolute atomic E-state index is 0.134. The number of carbonyl (C=O) groups is 2. The fraction of sp³-hybridized carbons (Fsp3) is 0.421. The van der Waals surface area contributed by atoms with Crippen LogP contribution in [0, 0.1) is 5.92 Å². The van der Waals surface area contributed by atoms with Gasteiger partial charge in [-0.15, -0.1) is 11.3 Å². The molecule has 2 heterocycles. The Bertz CT molecular complexity index is 834. The molecule has 3 rings (SSSR count). The molecule has 1 aliphatic carbocycles. The van der Waals surface area contributed by atoms with E-state index in [9.17, 15) is 9.59 Å². The van der Waals surface area contributed by atoms with Crippen molar-refractivity contribution in [2.45, 2.75) is 39.5 Å². The second-order valence-corrected chi connectivity index (χ2v) is 7.95. The van der Waals surface area contributed by atoms with Gasteiger partial charge < -0.3 is 10.1 Å². The first-order chi connectivity index (χ1) is 12.5. The molecule has 0 saturated carbocycles. The van der Waals surface area contributed by atoms with E-state index in [2.05, 4.69) is 17.2 Å². The van der Waals surface area contributed by atoms with Crippen molar-refractivity contribution in [3.8, 4) is 0 Å². The van der Waals surface area contributed by atoms with Crippen LogP contribution < -0.4 is 5.32 Å². The zero-order valence-corrected chi connectivity index (χ0v) is 16.4. The zero-order chi connectivity index (χ0) is 18.7. The highest BCUT2D eigenvalue weighted by molar-refractivity contribution is 7.17. The molecule has 1 N–H and O–H groups in total. The van der Waals surface area contributed by atoms with Crippen molar-refractivity contribution >= 4 is 39.8 Å². The number of pyridine rings is 1. The minimum Gasteiger partial charge on any atom is -0.462 e. The summed E-state index contributed by atoms with van der Waals surface area (Å²) in [5, 5.41) is 3.52. The number of nitrogens with one attached hydrogen (secondary N) is 1. The monoisotopic (exact) mass is 392 g/mol. The second-order valence-electron chi connectivity index (χ2n) is 6.49. The van der Waals surface area contributed by atoms with E-state index in [1.165, 1.54) is 17.5 Å². The van der Waals surface area contributed by atoms with Crippen LogP contribution in [0.3, 0.4) is 0 Å². The van der Waals surface area contributed by atoms with Gasteiger partial charge in [0.1, 0.15) is 10.2 Å². The third-order valence-corrected chi connectivity index (χ3v) is 5.85. The first-order valence-corrected chi connectivity index (χ1v) is 9.94. The van der Waals surface area contributed by atoms with E-state index in [-0.39, 0.29) is 22.6 Å². The summed E-state index contributed by atoms with van der Waals surface area (Å²) in [6.07, 6.45) is 5.05. The largest absolute Gasteiger partial charge is 0.462 e. The van der Waals surface area contributed by atoms with E-state index in [1.54, 1.807) is 12.1 Å². The molecule has 0 bridgehead atoms. The van der Waals surface area contributed by atoms with Crippen molar-refractivity contribution in [3.63, 3.8) is 0 Å². The Kier molecular flexibility index (Phi) is 5.94. The lowest BCUT2D eigenvalue weighted by molar-refractivity contribution is 0.0505. The number of fused-ring (bicyclic) bond motifs is 1. The number of amides is 1. The Balaban J connectivity index is 1.94. The van der Waals surface area contributed by atoms with E-state index < -0.39 is 0 Å². The summed E-state index contributed by atoms with van der Waals surface area (Å²) in [6.45, 7) is 4.51. The average Bonchev–Trinajstić information content (AvgIpc) is 2.96. The highest BCUT2D eigenvalue weighted by Gasteiger charge is 2.29. The van der Waals surface area contributed by atoms with Crippen molar-refractivity contribution in [3.05, 3.63) is 45.1 Å². The van der Waals surface area contributed by atoms with Gasteiger partial charge in [-0.1, -0.05) is 25.4 Å². The van der Waals surface area contributed by atoms with E-state index in [0.717, 1.165) is 36.1 Å². The Labute approximate surface area is 161 Å². The second kappa shape index (κ2) is 8.18. The third-order valence-electron chi connectivity index (χ3n) is 4.38. The molecule has 0 unspecified atom stereocenters. The number of halogens is 1. The number of rotatable bonds is 5. The lowest BCUT2D eigenvalue weighted by Gasteiger charge is -2.18. The first kappa shape index (κ1) is 18.9. The molecule has 1 atom stereocenters. The van der Waals surface area contributed by atoms with Crippen LogP contribution in [-0.2, 0) is 17.6 Å². The van der Waals surface area contributed by atoms with Crippen LogP contribution in [0.4, 0.5) is 5.00 Å². The Morgan fingerprint density at radius 1 is 1.46 bits per heavy atom. The number of esters is 1. The quantitative estimate of drug-likeness (QED) is 0.589. The smallest absolute Gasteiger partial charge is 0.341 e. The average molecular weight is 393 g/mol. The van der Waals surface area contributed by atoms with Crippen LogP contribution >= 0.6 is 22.9 Å². The van der Waals surface area contributed by atoms with E-state index >= 15 is 0 Å². The van der Waals surface area contributed by atoms with Gasteiger partial charge in [-0.25, -0.2) is 9.78 Å². The molecule has 1 amide bonds. The molecule has 0 spiro atoms. The molecule has 1 aliphatic rings. The van der Waals surface area contributed by atoms with E-state index in [0.29, 0.717) is 23.1 Å². The summed E-state index contributed by atoms with van der Waals surface area (Å²) < 4.78 is 5.36. The van der Waals surface area contributed by atoms with Crippen LogP contribution in [0.25, 0.3) is 0 Å². The predicted molar refractivity (Wildman–Crippen MR) is 103 cm³/mol. The van der Waals surface area contributed by atoms with Gasteiger partial charge in [-0.05, 0) is 49.3 Å². The number of carbonyl (C=O) groups excluding carboxylic acids is 2. The lowest BCUT2D eigenvalue weighted by Crippen LogP contribution is -2.17. The van der Waals surface area contributed by atoms with Crippen LogP contribution in [0.5, 0.6) is 0 Å². The first-order valence-electron chi connectivity index (χ1n) is 8.74. The molecular formula is C19H21ClN2O3S. The van der Waals surface area contributed by atoms with Crippen LogP contribution in [0.1, 0.15) is 57.8 Å². The van der Waals surface area contributed by atoms with Crippen molar-refractivity contribution in [1.82, 2.24) is 4.98 Å². The summed E-state index contributed by atoms with van der Waals surface area (Å²) in [5.41, 5.74) is 1.79. The van der Waals surface area contributed by atoms with Gasteiger partial charge in [0, 0.05) is 11.1 Å². The van der Waals surface area contributed by atoms with Crippen LogP contribution in [-0.4, -0.2) is 23.5 Å². The molecule has 0 fully saturated rings. The summed E-state index contributed by atoms with van der Waals surface area (Å²) in [5.74, 6) is -0.178. The van der Waals surface area contributed by atoms with Crippen molar-refractivity contribution in [1.29, 1.82) is 0 Å². The maximum atomic E-state index is 12.6. The number of aromatic nitrogens is 1. The number of ether oxygens (including phenoxy) is 1. The standard InChI is InChI=1S/C19H21ClN2O3S/c1-3-9-25-19(24)15-12-7-6-11(2)10-14(12)26-18(15)22-17(23)13-5-4-8-21-16(13)20/h4-5,8,11H,3,6-7,9-10H2,1-2H3,(H,22,23)/t11-/m0/s1. The molecule has 0 aromatic carbocycles. The number of nitrogens with zero attached hydrogens (tertiary/aromatic N) is 1. The fourth-order valence-corrected chi connectivity index (χ4v) is 4.65. The van der Waals surface area contributed by atoms with Gasteiger partial charge in [0.2, 0.25) is 0 Å². The van der Waals surface area contributed by atoms with Gasteiger partial charge in [0.05, 0.1) is 17.7 Å². The van der Waals surface area contributed by atoms with Gasteiger partial charge in [-0.3, -0.25) is 4.79 Å². The normalized spacial score (nSPS) is 16.0. The molecule has 2 aromatic heterocycles. The molecule has 0 saturated heterocycles. The van der Waals surface area contributed by atoms with Crippen LogP contribution in [0.15, 0.2) is 18.3 Å². The van der Waals surface area contributed by atoms with E-state index in [4.69, 9.17) is 16.3 Å². The Hall–Kier alpha value is -1.92. The SMILES string of the molecule is CCCOC(=O)c1c(NC(=O)c2cccnc2Cl)sc2c1CC[C@H](C)C2. The topological polar surface area (TPSA) is 68.3 Å². The maximum Gasteiger partial charge on any atom is 0.341 e. The molecule has 138 valence electrons. The predicted octanol–water partition coefficient (Wildman–Crippen LogP) is 4.74. The summed E-state index contributed by atoms with van der Waals surface area (Å²) >= 11 is 7.48.